The van der Waals surface area contributed by atoms with Crippen molar-refractivity contribution in [3.05, 3.63) is 91.0 Å². The second kappa shape index (κ2) is 7.25. The average molecular weight is 358 g/mol. The number of nitrogens with one attached hydrogen (secondary N) is 1. The predicted molar refractivity (Wildman–Crippen MR) is 101 cm³/mol. The second-order valence-electron chi connectivity index (χ2n) is 6.14. The van der Waals surface area contributed by atoms with Crippen molar-refractivity contribution in [2.45, 2.75) is 13.0 Å². The highest BCUT2D eigenvalue weighted by molar-refractivity contribution is 5.94. The van der Waals surface area contributed by atoms with E-state index in [0.717, 1.165) is 16.9 Å². The van der Waals surface area contributed by atoms with Crippen LogP contribution >= 0.6 is 0 Å². The van der Waals surface area contributed by atoms with Gasteiger partial charge in [0.1, 0.15) is 12.7 Å². The molecule has 0 bridgehead atoms. The van der Waals surface area contributed by atoms with Crippen LogP contribution in [0.15, 0.2) is 79.9 Å². The van der Waals surface area contributed by atoms with Gasteiger partial charge in [-0.3, -0.25) is 4.79 Å². The largest absolute Gasteiger partial charge is 0.346 e. The van der Waals surface area contributed by atoms with Gasteiger partial charge in [-0.15, -0.1) is 0 Å². The van der Waals surface area contributed by atoms with E-state index in [2.05, 4.69) is 20.4 Å². The van der Waals surface area contributed by atoms with E-state index in [0.29, 0.717) is 5.56 Å². The topological polar surface area (TPSA) is 77.6 Å². The number of nitrogens with zero attached hydrogens (tertiary/aromatic N) is 5. The van der Waals surface area contributed by atoms with Crippen LogP contribution in [-0.4, -0.2) is 30.2 Å². The number of aromatic nitrogens is 5. The van der Waals surface area contributed by atoms with Gasteiger partial charge in [0.15, 0.2) is 0 Å². The first-order valence-corrected chi connectivity index (χ1v) is 8.55. The first-order chi connectivity index (χ1) is 13.2. The minimum absolute atomic E-state index is 0.107. The zero-order chi connectivity index (χ0) is 18.6. The van der Waals surface area contributed by atoms with Crippen molar-refractivity contribution in [3.8, 4) is 11.4 Å². The van der Waals surface area contributed by atoms with Gasteiger partial charge < -0.3 is 9.88 Å². The predicted octanol–water partition coefficient (Wildman–Crippen LogP) is 2.94. The molecule has 27 heavy (non-hydrogen) atoms. The molecule has 0 saturated heterocycles. The van der Waals surface area contributed by atoms with Gasteiger partial charge in [0.2, 0.25) is 0 Å². The molecule has 0 aliphatic carbocycles. The zero-order valence-corrected chi connectivity index (χ0v) is 14.7. The van der Waals surface area contributed by atoms with Crippen molar-refractivity contribution in [1.29, 1.82) is 0 Å². The molecule has 0 unspecified atom stereocenters. The summed E-state index contributed by atoms with van der Waals surface area (Å²) in [5, 5.41) is 7.10. The van der Waals surface area contributed by atoms with E-state index in [-0.39, 0.29) is 11.9 Å². The van der Waals surface area contributed by atoms with Crippen molar-refractivity contribution < 1.29 is 4.79 Å². The maximum atomic E-state index is 12.5. The number of carbonyl (C=O) groups is 1. The lowest BCUT2D eigenvalue weighted by molar-refractivity contribution is 0.0940. The first-order valence-electron chi connectivity index (χ1n) is 8.55. The third kappa shape index (κ3) is 3.62. The third-order valence-electron chi connectivity index (χ3n) is 4.36. The lowest BCUT2D eigenvalue weighted by atomic mass is 10.1. The molecule has 1 amide bonds. The fraction of sp³-hybridized carbons (Fsp3) is 0.100. The van der Waals surface area contributed by atoms with Gasteiger partial charge in [-0.1, -0.05) is 12.1 Å². The van der Waals surface area contributed by atoms with Gasteiger partial charge in [-0.25, -0.2) is 14.6 Å². The van der Waals surface area contributed by atoms with Crippen molar-refractivity contribution in [3.63, 3.8) is 0 Å². The SMILES string of the molecule is C[C@@H](NC(=O)c1ccc(-n2cncn2)cc1)c1ccc(-n2ccnc2)cc1. The summed E-state index contributed by atoms with van der Waals surface area (Å²) in [6.07, 6.45) is 8.47. The van der Waals surface area contributed by atoms with Gasteiger partial charge >= 0.3 is 0 Å². The number of amides is 1. The number of rotatable bonds is 5. The van der Waals surface area contributed by atoms with Gasteiger partial charge in [0, 0.05) is 23.6 Å². The van der Waals surface area contributed by atoms with Crippen LogP contribution in [0.1, 0.15) is 28.9 Å². The van der Waals surface area contributed by atoms with E-state index in [4.69, 9.17) is 0 Å². The Hall–Kier alpha value is -3.74. The number of imidazole rings is 1. The molecule has 134 valence electrons. The van der Waals surface area contributed by atoms with E-state index >= 15 is 0 Å². The summed E-state index contributed by atoms with van der Waals surface area (Å²) in [5.41, 5.74) is 3.51. The molecule has 2 heterocycles. The summed E-state index contributed by atoms with van der Waals surface area (Å²) in [5.74, 6) is -0.119. The highest BCUT2D eigenvalue weighted by atomic mass is 16.1. The van der Waals surface area contributed by atoms with Crippen molar-refractivity contribution >= 4 is 5.91 Å². The smallest absolute Gasteiger partial charge is 0.251 e. The molecule has 1 N–H and O–H groups in total. The summed E-state index contributed by atoms with van der Waals surface area (Å²) in [6, 6.07) is 15.2. The summed E-state index contributed by atoms with van der Waals surface area (Å²) in [7, 11) is 0. The second-order valence-corrected chi connectivity index (χ2v) is 6.14. The number of hydrogen-bond acceptors (Lipinski definition) is 4. The minimum atomic E-state index is -0.119. The van der Waals surface area contributed by atoms with Crippen molar-refractivity contribution in [1.82, 2.24) is 29.6 Å². The molecule has 0 saturated carbocycles. The molecule has 2 aromatic heterocycles. The molecule has 1 atom stereocenters. The molecule has 2 aromatic carbocycles. The summed E-state index contributed by atoms with van der Waals surface area (Å²) in [6.45, 7) is 1.97. The Kier molecular flexibility index (Phi) is 4.49. The fourth-order valence-corrected chi connectivity index (χ4v) is 2.82. The molecule has 7 nitrogen and oxygen atoms in total. The zero-order valence-electron chi connectivity index (χ0n) is 14.7. The van der Waals surface area contributed by atoms with Crippen LogP contribution in [0.2, 0.25) is 0 Å². The molecule has 0 aliphatic rings. The maximum Gasteiger partial charge on any atom is 0.251 e. The lowest BCUT2D eigenvalue weighted by Gasteiger charge is -2.15. The average Bonchev–Trinajstić information content (AvgIpc) is 3.42. The van der Waals surface area contributed by atoms with Crippen LogP contribution < -0.4 is 5.32 Å². The molecular weight excluding hydrogens is 340 g/mol. The van der Waals surface area contributed by atoms with Crippen molar-refractivity contribution in [2.75, 3.05) is 0 Å². The summed E-state index contributed by atoms with van der Waals surface area (Å²) < 4.78 is 3.58. The number of hydrogen-bond donors (Lipinski definition) is 1. The fourth-order valence-electron chi connectivity index (χ4n) is 2.82. The van der Waals surface area contributed by atoms with E-state index in [9.17, 15) is 4.79 Å². The quantitative estimate of drug-likeness (QED) is 0.595. The van der Waals surface area contributed by atoms with Crippen LogP contribution in [0, 0.1) is 0 Å². The highest BCUT2D eigenvalue weighted by Crippen LogP contribution is 2.17. The Balaban J connectivity index is 1.43. The first kappa shape index (κ1) is 16.7. The molecular formula is C20H18N6O. The van der Waals surface area contributed by atoms with Crippen LogP contribution in [0.5, 0.6) is 0 Å². The molecule has 7 heteroatoms. The normalized spacial score (nSPS) is 11.9. The molecule has 0 radical (unpaired) electrons. The Morgan fingerprint density at radius 1 is 0.963 bits per heavy atom. The molecule has 0 fully saturated rings. The Bertz CT molecular complexity index is 1010. The van der Waals surface area contributed by atoms with Crippen LogP contribution in [0.4, 0.5) is 0 Å². The van der Waals surface area contributed by atoms with Crippen molar-refractivity contribution in [2.24, 2.45) is 0 Å². The minimum Gasteiger partial charge on any atom is -0.346 e. The Labute approximate surface area is 156 Å². The molecule has 4 aromatic rings. The van der Waals surface area contributed by atoms with E-state index in [1.807, 2.05) is 54.1 Å². The van der Waals surface area contributed by atoms with E-state index in [1.165, 1.54) is 6.33 Å². The molecule has 4 rings (SSSR count). The monoisotopic (exact) mass is 358 g/mol. The lowest BCUT2D eigenvalue weighted by Crippen LogP contribution is -2.26. The Morgan fingerprint density at radius 3 is 2.33 bits per heavy atom. The van der Waals surface area contributed by atoms with E-state index < -0.39 is 0 Å². The van der Waals surface area contributed by atoms with Crippen LogP contribution in [0.25, 0.3) is 11.4 Å². The molecule has 0 aliphatic heterocycles. The molecule has 0 spiro atoms. The number of benzene rings is 2. The van der Waals surface area contributed by atoms with Gasteiger partial charge in [-0.2, -0.15) is 5.10 Å². The number of carbonyl (C=O) groups excluding carboxylic acids is 1. The summed E-state index contributed by atoms with van der Waals surface area (Å²) >= 11 is 0. The van der Waals surface area contributed by atoms with Gasteiger partial charge in [0.05, 0.1) is 18.1 Å². The van der Waals surface area contributed by atoms with Crippen LogP contribution in [0.3, 0.4) is 0 Å². The third-order valence-corrected chi connectivity index (χ3v) is 4.36. The Morgan fingerprint density at radius 2 is 1.70 bits per heavy atom. The van der Waals surface area contributed by atoms with Gasteiger partial charge in [0.25, 0.3) is 5.91 Å². The maximum absolute atomic E-state index is 12.5. The summed E-state index contributed by atoms with van der Waals surface area (Å²) in [4.78, 5) is 20.5. The van der Waals surface area contributed by atoms with Crippen LogP contribution in [-0.2, 0) is 0 Å². The standard InChI is InChI=1S/C20H18N6O/c1-15(16-2-6-18(7-3-16)25-11-10-21-13-25)24-20(27)17-4-8-19(9-5-17)26-14-22-12-23-26/h2-15H,1H3,(H,24,27)/t15-/m1/s1. The van der Waals surface area contributed by atoms with E-state index in [1.54, 1.807) is 35.7 Å². The highest BCUT2D eigenvalue weighted by Gasteiger charge is 2.12. The van der Waals surface area contributed by atoms with Gasteiger partial charge in [-0.05, 0) is 48.9 Å².